The molecule has 4 nitrogen and oxygen atoms in total. The van der Waals surface area contributed by atoms with Gasteiger partial charge in [-0.2, -0.15) is 0 Å². The molecule has 0 atom stereocenters. The molecule has 0 amide bonds. The molecule has 0 spiro atoms. The minimum Gasteiger partial charge on any atom is -0.484 e. The van der Waals surface area contributed by atoms with Crippen LogP contribution >= 0.6 is 15.9 Å². The van der Waals surface area contributed by atoms with Crippen LogP contribution in [0.15, 0.2) is 33.2 Å². The van der Waals surface area contributed by atoms with Gasteiger partial charge in [0.1, 0.15) is 18.1 Å². The number of aryl methyl sites for hydroxylation is 1. The van der Waals surface area contributed by atoms with Crippen molar-refractivity contribution in [1.29, 1.82) is 0 Å². The van der Waals surface area contributed by atoms with Crippen LogP contribution in [0, 0.1) is 0 Å². The summed E-state index contributed by atoms with van der Waals surface area (Å²) >= 11 is 3.58. The maximum Gasteiger partial charge on any atom is 0.371 e. The maximum atomic E-state index is 10.9. The molecule has 2 aromatic rings. The molecule has 0 unspecified atom stereocenters. The summed E-state index contributed by atoms with van der Waals surface area (Å²) < 4.78 is 12.1. The third kappa shape index (κ3) is 4.16. The van der Waals surface area contributed by atoms with Crippen molar-refractivity contribution in [3.63, 3.8) is 0 Å². The number of benzene rings is 1. The molecule has 1 aromatic heterocycles. The summed E-state index contributed by atoms with van der Waals surface area (Å²) in [6.07, 6.45) is 0.947. The Hall–Kier alpha value is -1.75. The van der Waals surface area contributed by atoms with E-state index in [9.17, 15) is 4.79 Å². The highest BCUT2D eigenvalue weighted by atomic mass is 79.9. The first kappa shape index (κ1) is 17.6. The summed E-state index contributed by atoms with van der Waals surface area (Å²) in [5, 5.41) is 8.89. The summed E-state index contributed by atoms with van der Waals surface area (Å²) in [7, 11) is 0. The molecule has 0 aliphatic carbocycles. The fourth-order valence-corrected chi connectivity index (χ4v) is 2.89. The molecule has 0 saturated carbocycles. The van der Waals surface area contributed by atoms with Crippen molar-refractivity contribution in [2.24, 2.45) is 0 Å². The predicted molar refractivity (Wildman–Crippen MR) is 92.2 cm³/mol. The van der Waals surface area contributed by atoms with Crippen LogP contribution in [0.3, 0.4) is 0 Å². The zero-order valence-electron chi connectivity index (χ0n) is 13.8. The summed E-state index contributed by atoms with van der Waals surface area (Å²) in [5.41, 5.74) is 2.27. The van der Waals surface area contributed by atoms with Crippen molar-refractivity contribution < 1.29 is 19.1 Å². The largest absolute Gasteiger partial charge is 0.484 e. The van der Waals surface area contributed by atoms with Gasteiger partial charge in [0.25, 0.3) is 0 Å². The molecular formula is C18H21BrO4. The van der Waals surface area contributed by atoms with Crippen LogP contribution in [0.2, 0.25) is 0 Å². The summed E-state index contributed by atoms with van der Waals surface area (Å²) in [5.74, 6) is 0.0804. The standard InChI is InChI=1S/C18H21BrO4/c1-5-11-8-13(18(2,3)4)16(14(19)9-11)22-10-12-6-7-15(23-12)17(20)21/h6-9H,5,10H2,1-4H3,(H,20,21). The third-order valence-electron chi connectivity index (χ3n) is 3.55. The van der Waals surface area contributed by atoms with E-state index in [1.54, 1.807) is 6.07 Å². The van der Waals surface area contributed by atoms with Gasteiger partial charge in [0.2, 0.25) is 5.76 Å². The Morgan fingerprint density at radius 1 is 1.30 bits per heavy atom. The van der Waals surface area contributed by atoms with Gasteiger partial charge < -0.3 is 14.3 Å². The van der Waals surface area contributed by atoms with Crippen molar-refractivity contribution in [1.82, 2.24) is 0 Å². The molecule has 0 aliphatic heterocycles. The second-order valence-electron chi connectivity index (χ2n) is 6.42. The Labute approximate surface area is 144 Å². The smallest absolute Gasteiger partial charge is 0.371 e. The monoisotopic (exact) mass is 380 g/mol. The normalized spacial score (nSPS) is 11.5. The van der Waals surface area contributed by atoms with Crippen LogP contribution in [0.5, 0.6) is 5.75 Å². The maximum absolute atomic E-state index is 10.9. The highest BCUT2D eigenvalue weighted by molar-refractivity contribution is 9.10. The summed E-state index contributed by atoms with van der Waals surface area (Å²) in [6, 6.07) is 7.26. The van der Waals surface area contributed by atoms with Crippen LogP contribution < -0.4 is 4.74 Å². The molecule has 0 bridgehead atoms. The number of hydrogen-bond donors (Lipinski definition) is 1. The Morgan fingerprint density at radius 2 is 2.00 bits per heavy atom. The SMILES string of the molecule is CCc1cc(Br)c(OCc2ccc(C(=O)O)o2)c(C(C)(C)C)c1. The van der Waals surface area contributed by atoms with Gasteiger partial charge in [-0.3, -0.25) is 0 Å². The van der Waals surface area contributed by atoms with Crippen molar-refractivity contribution in [3.05, 3.63) is 51.4 Å². The molecule has 0 aliphatic rings. The molecule has 2 rings (SSSR count). The Balaban J connectivity index is 2.29. The first-order valence-corrected chi connectivity index (χ1v) is 8.29. The van der Waals surface area contributed by atoms with E-state index in [-0.39, 0.29) is 17.8 Å². The molecule has 0 saturated heterocycles. The number of carboxylic acid groups (broad SMARTS) is 1. The predicted octanol–water partition coefficient (Wildman–Crippen LogP) is 5.18. The van der Waals surface area contributed by atoms with Crippen molar-refractivity contribution >= 4 is 21.9 Å². The average Bonchev–Trinajstić information content (AvgIpc) is 2.93. The second kappa shape index (κ2) is 6.79. The first-order valence-electron chi connectivity index (χ1n) is 7.50. The topological polar surface area (TPSA) is 59.7 Å². The average molecular weight is 381 g/mol. The summed E-state index contributed by atoms with van der Waals surface area (Å²) in [4.78, 5) is 10.9. The highest BCUT2D eigenvalue weighted by Crippen LogP contribution is 2.38. The Kier molecular flexibility index (Phi) is 5.19. The zero-order valence-corrected chi connectivity index (χ0v) is 15.4. The quantitative estimate of drug-likeness (QED) is 0.775. The number of furan rings is 1. The minimum atomic E-state index is -1.08. The molecule has 1 N–H and O–H groups in total. The number of hydrogen-bond acceptors (Lipinski definition) is 3. The van der Waals surface area contributed by atoms with Crippen LogP contribution in [0.25, 0.3) is 0 Å². The van der Waals surface area contributed by atoms with Gasteiger partial charge in [0, 0.05) is 5.56 Å². The van der Waals surface area contributed by atoms with Gasteiger partial charge in [0.05, 0.1) is 4.47 Å². The molecule has 23 heavy (non-hydrogen) atoms. The fourth-order valence-electron chi connectivity index (χ4n) is 2.27. The van der Waals surface area contributed by atoms with Gasteiger partial charge >= 0.3 is 5.97 Å². The number of carboxylic acids is 1. The molecule has 1 aromatic carbocycles. The van der Waals surface area contributed by atoms with Crippen molar-refractivity contribution in [2.75, 3.05) is 0 Å². The zero-order chi connectivity index (χ0) is 17.2. The van der Waals surface area contributed by atoms with Gasteiger partial charge in [-0.1, -0.05) is 33.8 Å². The lowest BCUT2D eigenvalue weighted by molar-refractivity contribution is 0.0658. The number of ether oxygens (including phenoxy) is 1. The van der Waals surface area contributed by atoms with E-state index in [2.05, 4.69) is 55.8 Å². The Morgan fingerprint density at radius 3 is 2.52 bits per heavy atom. The van der Waals surface area contributed by atoms with E-state index in [1.807, 2.05) is 0 Å². The van der Waals surface area contributed by atoms with E-state index in [4.69, 9.17) is 14.3 Å². The molecule has 124 valence electrons. The highest BCUT2D eigenvalue weighted by Gasteiger charge is 2.22. The number of aromatic carboxylic acids is 1. The third-order valence-corrected chi connectivity index (χ3v) is 4.14. The van der Waals surface area contributed by atoms with Crippen molar-refractivity contribution in [3.8, 4) is 5.75 Å². The van der Waals surface area contributed by atoms with Crippen molar-refractivity contribution in [2.45, 2.75) is 46.1 Å². The molecule has 0 fully saturated rings. The van der Waals surface area contributed by atoms with Crippen LogP contribution in [-0.4, -0.2) is 11.1 Å². The van der Waals surface area contributed by atoms with Crippen LogP contribution in [0.1, 0.15) is 55.1 Å². The van der Waals surface area contributed by atoms with Crippen LogP contribution in [-0.2, 0) is 18.4 Å². The van der Waals surface area contributed by atoms with Gasteiger partial charge in [-0.05, 0) is 51.5 Å². The number of rotatable bonds is 5. The molecule has 0 radical (unpaired) electrons. The molecule has 5 heteroatoms. The van der Waals surface area contributed by atoms with Gasteiger partial charge in [0.15, 0.2) is 0 Å². The number of halogens is 1. The lowest BCUT2D eigenvalue weighted by atomic mass is 9.85. The van der Waals surface area contributed by atoms with E-state index in [0.717, 1.165) is 22.2 Å². The first-order chi connectivity index (χ1) is 10.7. The van der Waals surface area contributed by atoms with E-state index in [0.29, 0.717) is 5.76 Å². The lowest BCUT2D eigenvalue weighted by Crippen LogP contribution is -2.14. The lowest BCUT2D eigenvalue weighted by Gasteiger charge is -2.24. The van der Waals surface area contributed by atoms with Crippen LogP contribution in [0.4, 0.5) is 0 Å². The van der Waals surface area contributed by atoms with E-state index < -0.39 is 5.97 Å². The van der Waals surface area contributed by atoms with Gasteiger partial charge in [-0.15, -0.1) is 0 Å². The summed E-state index contributed by atoms with van der Waals surface area (Å²) in [6.45, 7) is 8.70. The van der Waals surface area contributed by atoms with E-state index >= 15 is 0 Å². The minimum absolute atomic E-state index is 0.0710. The number of carbonyl (C=O) groups is 1. The second-order valence-corrected chi connectivity index (χ2v) is 7.27. The molecular weight excluding hydrogens is 360 g/mol. The van der Waals surface area contributed by atoms with E-state index in [1.165, 1.54) is 11.6 Å². The molecule has 1 heterocycles. The fraction of sp³-hybridized carbons (Fsp3) is 0.389. The van der Waals surface area contributed by atoms with Gasteiger partial charge in [-0.25, -0.2) is 4.79 Å². The Bertz CT molecular complexity index is 710.